The molecule has 4 fully saturated rings. The van der Waals surface area contributed by atoms with Crippen LogP contribution >= 0.6 is 0 Å². The predicted octanol–water partition coefficient (Wildman–Crippen LogP) is 4.27. The molecule has 0 bridgehead atoms. The van der Waals surface area contributed by atoms with E-state index < -0.39 is 0 Å². The number of allylic oxidation sites excluding steroid dienone is 2. The van der Waals surface area contributed by atoms with E-state index in [4.69, 9.17) is 4.74 Å². The molecule has 6 rings (SSSR count). The Labute approximate surface area is 151 Å². The summed E-state index contributed by atoms with van der Waals surface area (Å²) in [5.41, 5.74) is 3.12. The molecule has 1 heterocycles. The number of hydrogen-bond acceptors (Lipinski definition) is 2. The Morgan fingerprint density at radius 2 is 2.08 bits per heavy atom. The summed E-state index contributed by atoms with van der Waals surface area (Å²) >= 11 is 0. The lowest BCUT2D eigenvalue weighted by molar-refractivity contribution is -0.129. The van der Waals surface area contributed by atoms with E-state index >= 15 is 0 Å². The van der Waals surface area contributed by atoms with Gasteiger partial charge in [0.05, 0.1) is 18.3 Å². The van der Waals surface area contributed by atoms with Gasteiger partial charge in [0, 0.05) is 5.41 Å². The van der Waals surface area contributed by atoms with Crippen molar-refractivity contribution in [1.82, 2.24) is 0 Å². The van der Waals surface area contributed by atoms with Crippen LogP contribution in [0.25, 0.3) is 0 Å². The maximum absolute atomic E-state index is 10.1. The predicted molar refractivity (Wildman–Crippen MR) is 97.8 cm³/mol. The molecule has 1 aliphatic heterocycles. The lowest BCUT2D eigenvalue weighted by Crippen LogP contribution is -2.54. The van der Waals surface area contributed by atoms with Gasteiger partial charge in [0.1, 0.15) is 0 Å². The molecule has 1 N–H and O–H groups in total. The van der Waals surface area contributed by atoms with Gasteiger partial charge in [0.15, 0.2) is 0 Å². The van der Waals surface area contributed by atoms with E-state index in [2.05, 4.69) is 31.7 Å². The SMILES string of the molecule is C=C1CC2C(CC[C@@]3(C)C2C2CC2[C@@]32C=CCO2)C2CC[C@H](O)C=C12. The molecular formula is C23H30O2. The Kier molecular flexibility index (Phi) is 2.86. The fourth-order valence-corrected chi connectivity index (χ4v) is 8.33. The molecule has 134 valence electrons. The minimum atomic E-state index is -0.243. The lowest BCUT2D eigenvalue weighted by Gasteiger charge is -2.57. The molecule has 25 heavy (non-hydrogen) atoms. The molecule has 1 spiro atoms. The van der Waals surface area contributed by atoms with Crippen LogP contribution in [0.5, 0.6) is 0 Å². The van der Waals surface area contributed by atoms with E-state index in [1.165, 1.54) is 30.4 Å². The van der Waals surface area contributed by atoms with Crippen molar-refractivity contribution in [2.75, 3.05) is 6.61 Å². The van der Waals surface area contributed by atoms with Gasteiger partial charge < -0.3 is 9.84 Å². The average molecular weight is 338 g/mol. The Hall–Kier alpha value is -0.860. The number of hydrogen-bond donors (Lipinski definition) is 1. The summed E-state index contributed by atoms with van der Waals surface area (Å²) in [5.74, 6) is 4.73. The molecule has 0 aromatic heterocycles. The number of fused-ring (bicyclic) bond motifs is 9. The third-order valence-corrected chi connectivity index (χ3v) is 9.22. The molecule has 5 aliphatic carbocycles. The van der Waals surface area contributed by atoms with Crippen LogP contribution in [0, 0.1) is 40.9 Å². The Morgan fingerprint density at radius 3 is 2.88 bits per heavy atom. The smallest absolute Gasteiger partial charge is 0.0954 e. The zero-order valence-corrected chi connectivity index (χ0v) is 15.3. The van der Waals surface area contributed by atoms with Crippen LogP contribution in [-0.2, 0) is 4.74 Å². The van der Waals surface area contributed by atoms with Gasteiger partial charge in [-0.15, -0.1) is 0 Å². The van der Waals surface area contributed by atoms with Gasteiger partial charge in [-0.2, -0.15) is 0 Å². The first-order chi connectivity index (χ1) is 12.1. The van der Waals surface area contributed by atoms with E-state index in [1.807, 2.05) is 0 Å². The summed E-state index contributed by atoms with van der Waals surface area (Å²) < 4.78 is 6.48. The summed E-state index contributed by atoms with van der Waals surface area (Å²) in [6.45, 7) is 7.83. The molecule has 9 atom stereocenters. The topological polar surface area (TPSA) is 29.5 Å². The Balaban J connectivity index is 1.40. The molecular weight excluding hydrogens is 308 g/mol. The number of aliphatic hydroxyl groups is 1. The van der Waals surface area contributed by atoms with Crippen LogP contribution in [0.3, 0.4) is 0 Å². The van der Waals surface area contributed by atoms with Crippen molar-refractivity contribution >= 4 is 0 Å². The van der Waals surface area contributed by atoms with Gasteiger partial charge in [-0.25, -0.2) is 0 Å². The van der Waals surface area contributed by atoms with E-state index in [0.29, 0.717) is 11.3 Å². The molecule has 0 radical (unpaired) electrons. The van der Waals surface area contributed by atoms with Gasteiger partial charge in [-0.3, -0.25) is 0 Å². The lowest BCUT2D eigenvalue weighted by atomic mass is 9.48. The van der Waals surface area contributed by atoms with E-state index in [0.717, 1.165) is 55.5 Å². The molecule has 0 saturated heterocycles. The molecule has 2 nitrogen and oxygen atoms in total. The standard InChI is InChI=1S/C23H30O2/c1-13-10-18-16(15-5-4-14(24)11-17(13)15)6-8-22(2)21(18)19-12-20(19)23(22)7-3-9-25-23/h3,7,11,14-16,18-21,24H,1,4-6,8-10,12H2,2H3/t14-,15?,16?,18?,19?,20?,21?,22-,23-/m0/s1. The summed E-state index contributed by atoms with van der Waals surface area (Å²) in [5, 5.41) is 10.1. The fourth-order valence-electron chi connectivity index (χ4n) is 8.33. The van der Waals surface area contributed by atoms with Crippen molar-refractivity contribution in [3.05, 3.63) is 36.0 Å². The van der Waals surface area contributed by atoms with Gasteiger partial charge in [-0.1, -0.05) is 37.3 Å². The van der Waals surface area contributed by atoms with Crippen LogP contribution in [0.2, 0.25) is 0 Å². The highest BCUT2D eigenvalue weighted by atomic mass is 16.5. The van der Waals surface area contributed by atoms with Gasteiger partial charge >= 0.3 is 0 Å². The zero-order chi connectivity index (χ0) is 17.0. The summed E-state index contributed by atoms with van der Waals surface area (Å²) in [4.78, 5) is 0. The highest BCUT2D eigenvalue weighted by Gasteiger charge is 2.76. The average Bonchev–Trinajstić information content (AvgIpc) is 3.15. The first kappa shape index (κ1) is 15.2. The summed E-state index contributed by atoms with van der Waals surface area (Å²) in [7, 11) is 0. The number of ether oxygens (including phenoxy) is 1. The Morgan fingerprint density at radius 1 is 1.20 bits per heavy atom. The first-order valence-electron chi connectivity index (χ1n) is 10.4. The zero-order valence-electron chi connectivity index (χ0n) is 15.3. The normalized spacial score (nSPS) is 58.4. The van der Waals surface area contributed by atoms with Crippen molar-refractivity contribution in [2.45, 2.75) is 57.2 Å². The molecule has 0 amide bonds. The largest absolute Gasteiger partial charge is 0.389 e. The minimum Gasteiger partial charge on any atom is -0.389 e. The maximum atomic E-state index is 10.1. The van der Waals surface area contributed by atoms with E-state index in [9.17, 15) is 5.11 Å². The van der Waals surface area contributed by atoms with Crippen molar-refractivity contribution in [2.24, 2.45) is 40.9 Å². The van der Waals surface area contributed by atoms with Gasteiger partial charge in [0.25, 0.3) is 0 Å². The van der Waals surface area contributed by atoms with E-state index in [1.54, 1.807) is 0 Å². The van der Waals surface area contributed by atoms with Gasteiger partial charge in [0.2, 0.25) is 0 Å². The third kappa shape index (κ3) is 1.69. The van der Waals surface area contributed by atoms with Crippen LogP contribution in [0.4, 0.5) is 0 Å². The molecule has 0 aromatic rings. The molecule has 6 aliphatic rings. The maximum Gasteiger partial charge on any atom is 0.0954 e. The Bertz CT molecular complexity index is 705. The van der Waals surface area contributed by atoms with Crippen molar-refractivity contribution in [3.63, 3.8) is 0 Å². The summed E-state index contributed by atoms with van der Waals surface area (Å²) in [6.07, 6.45) is 13.9. The minimum absolute atomic E-state index is 0.0491. The van der Waals surface area contributed by atoms with Crippen molar-refractivity contribution < 1.29 is 9.84 Å². The quantitative estimate of drug-likeness (QED) is 0.669. The van der Waals surface area contributed by atoms with Crippen molar-refractivity contribution in [3.8, 4) is 0 Å². The number of aliphatic hydroxyl groups excluding tert-OH is 1. The van der Waals surface area contributed by atoms with Gasteiger partial charge in [-0.05, 0) is 79.6 Å². The van der Waals surface area contributed by atoms with Crippen LogP contribution in [-0.4, -0.2) is 23.4 Å². The monoisotopic (exact) mass is 338 g/mol. The second-order valence-electron chi connectivity index (χ2n) is 10.0. The first-order valence-corrected chi connectivity index (χ1v) is 10.4. The van der Waals surface area contributed by atoms with Crippen LogP contribution < -0.4 is 0 Å². The summed E-state index contributed by atoms with van der Waals surface area (Å²) in [6, 6.07) is 0. The molecule has 2 heteroatoms. The second kappa shape index (κ2) is 4.70. The van der Waals surface area contributed by atoms with Crippen molar-refractivity contribution in [1.29, 1.82) is 0 Å². The second-order valence-corrected chi connectivity index (χ2v) is 10.0. The fraction of sp³-hybridized carbons (Fsp3) is 0.739. The number of rotatable bonds is 0. The van der Waals surface area contributed by atoms with Crippen LogP contribution in [0.15, 0.2) is 36.0 Å². The van der Waals surface area contributed by atoms with Crippen LogP contribution in [0.1, 0.15) is 45.4 Å². The highest BCUT2D eigenvalue weighted by Crippen LogP contribution is 2.77. The highest BCUT2D eigenvalue weighted by molar-refractivity contribution is 5.40. The third-order valence-electron chi connectivity index (χ3n) is 9.22. The van der Waals surface area contributed by atoms with E-state index in [-0.39, 0.29) is 11.7 Å². The molecule has 6 unspecified atom stereocenters. The molecule has 4 saturated carbocycles. The molecule has 0 aromatic carbocycles.